The molecule has 2 aromatic rings. The second kappa shape index (κ2) is 8.48. The van der Waals surface area contributed by atoms with Crippen molar-refractivity contribution in [2.45, 2.75) is 19.3 Å². The number of nitrogens with two attached hydrogens (primary N) is 1. The van der Waals surface area contributed by atoms with Crippen molar-refractivity contribution < 1.29 is 4.79 Å². The van der Waals surface area contributed by atoms with Crippen LogP contribution < -0.4 is 11.1 Å². The molecule has 0 spiro atoms. The molecule has 1 aromatic heterocycles. The van der Waals surface area contributed by atoms with E-state index in [1.165, 1.54) is 11.3 Å². The van der Waals surface area contributed by atoms with Gasteiger partial charge in [0.05, 0.1) is 17.1 Å². The summed E-state index contributed by atoms with van der Waals surface area (Å²) in [5.41, 5.74) is 6.97. The largest absolute Gasteiger partial charge is 0.356 e. The van der Waals surface area contributed by atoms with Crippen LogP contribution in [0.4, 0.5) is 0 Å². The maximum absolute atomic E-state index is 11.8. The zero-order valence-electron chi connectivity index (χ0n) is 11.9. The summed E-state index contributed by atoms with van der Waals surface area (Å²) < 4.78 is 0. The summed E-state index contributed by atoms with van der Waals surface area (Å²) >= 11 is 13.5. The molecule has 0 saturated carbocycles. The molecule has 0 bridgehead atoms. The van der Waals surface area contributed by atoms with Crippen LogP contribution >= 0.6 is 34.5 Å². The number of unbranched alkanes of at least 4 members (excludes halogenated alkanes) is 1. The fraction of sp³-hybridized carbons (Fsp3) is 0.333. The Morgan fingerprint density at radius 2 is 2.14 bits per heavy atom. The molecule has 1 heterocycles. The fourth-order valence-electron chi connectivity index (χ4n) is 1.90. The van der Waals surface area contributed by atoms with Crippen LogP contribution in [0.5, 0.6) is 0 Å². The van der Waals surface area contributed by atoms with Crippen LogP contribution in [0.3, 0.4) is 0 Å². The maximum atomic E-state index is 11.8. The molecular formula is C15H17Cl2N3OS. The van der Waals surface area contributed by atoms with Gasteiger partial charge in [0.15, 0.2) is 0 Å². The number of hydrogen-bond donors (Lipinski definition) is 2. The number of rotatable bonds is 7. The van der Waals surface area contributed by atoms with Gasteiger partial charge in [0.2, 0.25) is 5.91 Å². The number of carbonyl (C=O) groups is 1. The molecule has 22 heavy (non-hydrogen) atoms. The molecule has 0 radical (unpaired) electrons. The molecule has 0 atom stereocenters. The van der Waals surface area contributed by atoms with Gasteiger partial charge in [-0.2, -0.15) is 0 Å². The molecular weight excluding hydrogens is 341 g/mol. The van der Waals surface area contributed by atoms with E-state index in [0.717, 1.165) is 29.1 Å². The first-order chi connectivity index (χ1) is 10.6. The summed E-state index contributed by atoms with van der Waals surface area (Å²) in [5.74, 6) is -0.0314. The molecule has 0 aliphatic rings. The first-order valence-electron chi connectivity index (χ1n) is 6.96. The van der Waals surface area contributed by atoms with Gasteiger partial charge < -0.3 is 11.1 Å². The van der Waals surface area contributed by atoms with Crippen molar-refractivity contribution in [3.8, 4) is 10.6 Å². The first kappa shape index (κ1) is 17.2. The number of amides is 1. The third kappa shape index (κ3) is 4.95. The van der Waals surface area contributed by atoms with E-state index in [1.54, 1.807) is 12.1 Å². The Hall–Kier alpha value is -1.14. The molecule has 2 rings (SSSR count). The summed E-state index contributed by atoms with van der Waals surface area (Å²) in [5, 5.41) is 6.66. The Morgan fingerprint density at radius 1 is 1.32 bits per heavy atom. The Bertz CT molecular complexity index is 645. The van der Waals surface area contributed by atoms with Crippen molar-refractivity contribution >= 4 is 40.4 Å². The molecule has 0 fully saturated rings. The van der Waals surface area contributed by atoms with E-state index in [2.05, 4.69) is 10.3 Å². The summed E-state index contributed by atoms with van der Waals surface area (Å²) in [6.45, 7) is 1.29. The summed E-state index contributed by atoms with van der Waals surface area (Å²) in [6.07, 6.45) is 2.07. The number of benzene rings is 1. The molecule has 0 saturated heterocycles. The zero-order chi connectivity index (χ0) is 15.9. The predicted octanol–water partition coefficient (Wildman–Crippen LogP) is 3.51. The number of carbonyl (C=O) groups excluding carboxylic acids is 1. The first-order valence-corrected chi connectivity index (χ1v) is 8.60. The highest BCUT2D eigenvalue weighted by Crippen LogP contribution is 2.32. The van der Waals surface area contributed by atoms with Crippen molar-refractivity contribution in [1.29, 1.82) is 0 Å². The molecule has 1 aromatic carbocycles. The number of aromatic nitrogens is 1. The van der Waals surface area contributed by atoms with Crippen molar-refractivity contribution in [3.05, 3.63) is 39.3 Å². The molecule has 0 aliphatic heterocycles. The van der Waals surface area contributed by atoms with Crippen molar-refractivity contribution in [3.63, 3.8) is 0 Å². The lowest BCUT2D eigenvalue weighted by atomic mass is 10.2. The highest BCUT2D eigenvalue weighted by molar-refractivity contribution is 7.13. The molecule has 118 valence electrons. The standard InChI is InChI=1S/C15H17Cl2N3OS/c16-10-3-4-12(13(17)7-10)15-20-11(9-22-15)8-14(21)19-6-2-1-5-18/h3-4,7,9H,1-2,5-6,8,18H2,(H,19,21). The second-order valence-electron chi connectivity index (χ2n) is 4.79. The van der Waals surface area contributed by atoms with Crippen LogP contribution in [0, 0.1) is 0 Å². The maximum Gasteiger partial charge on any atom is 0.226 e. The molecule has 0 aliphatic carbocycles. The second-order valence-corrected chi connectivity index (χ2v) is 6.49. The van der Waals surface area contributed by atoms with Crippen LogP contribution in [0.1, 0.15) is 18.5 Å². The zero-order valence-corrected chi connectivity index (χ0v) is 14.3. The minimum atomic E-state index is -0.0314. The van der Waals surface area contributed by atoms with Gasteiger partial charge in [-0.25, -0.2) is 4.98 Å². The van der Waals surface area contributed by atoms with E-state index in [1.807, 2.05) is 11.4 Å². The summed E-state index contributed by atoms with van der Waals surface area (Å²) in [4.78, 5) is 16.3. The number of nitrogens with zero attached hydrogens (tertiary/aromatic N) is 1. The van der Waals surface area contributed by atoms with E-state index in [-0.39, 0.29) is 12.3 Å². The minimum absolute atomic E-state index is 0.0314. The van der Waals surface area contributed by atoms with Gasteiger partial charge in [0, 0.05) is 22.5 Å². The smallest absolute Gasteiger partial charge is 0.226 e. The summed E-state index contributed by atoms with van der Waals surface area (Å²) in [7, 11) is 0. The summed E-state index contributed by atoms with van der Waals surface area (Å²) in [6, 6.07) is 5.29. The Labute approximate surface area is 143 Å². The lowest BCUT2D eigenvalue weighted by Gasteiger charge is -2.03. The number of thiazole rings is 1. The number of nitrogens with one attached hydrogen (secondary N) is 1. The quantitative estimate of drug-likeness (QED) is 0.745. The number of hydrogen-bond acceptors (Lipinski definition) is 4. The van der Waals surface area contributed by atoms with Crippen LogP contribution in [0.2, 0.25) is 10.0 Å². The van der Waals surface area contributed by atoms with Gasteiger partial charge in [0.25, 0.3) is 0 Å². The fourth-order valence-corrected chi connectivity index (χ4v) is 3.31. The van der Waals surface area contributed by atoms with Crippen molar-refractivity contribution in [2.24, 2.45) is 5.73 Å². The van der Waals surface area contributed by atoms with E-state index in [9.17, 15) is 4.79 Å². The average molecular weight is 358 g/mol. The third-order valence-corrected chi connectivity index (χ3v) is 4.48. The van der Waals surface area contributed by atoms with Crippen LogP contribution in [0.25, 0.3) is 10.6 Å². The van der Waals surface area contributed by atoms with Gasteiger partial charge in [-0.3, -0.25) is 4.79 Å². The minimum Gasteiger partial charge on any atom is -0.356 e. The van der Waals surface area contributed by atoms with Gasteiger partial charge in [0.1, 0.15) is 5.01 Å². The van der Waals surface area contributed by atoms with Gasteiger partial charge in [-0.1, -0.05) is 23.2 Å². The molecule has 1 amide bonds. The monoisotopic (exact) mass is 357 g/mol. The predicted molar refractivity (Wildman–Crippen MR) is 92.6 cm³/mol. The van der Waals surface area contributed by atoms with Crippen molar-refractivity contribution in [2.75, 3.05) is 13.1 Å². The molecule has 7 heteroatoms. The van der Waals surface area contributed by atoms with E-state index >= 15 is 0 Å². The third-order valence-electron chi connectivity index (χ3n) is 3.01. The average Bonchev–Trinajstić information content (AvgIpc) is 2.92. The lowest BCUT2D eigenvalue weighted by molar-refractivity contribution is -0.120. The van der Waals surface area contributed by atoms with Gasteiger partial charge in [-0.05, 0) is 37.6 Å². The Kier molecular flexibility index (Phi) is 6.64. The van der Waals surface area contributed by atoms with Crippen LogP contribution in [-0.4, -0.2) is 24.0 Å². The normalized spacial score (nSPS) is 10.7. The van der Waals surface area contributed by atoms with Gasteiger partial charge >= 0.3 is 0 Å². The SMILES string of the molecule is NCCCCNC(=O)Cc1csc(-c2ccc(Cl)cc2Cl)n1. The van der Waals surface area contributed by atoms with E-state index in [0.29, 0.717) is 23.1 Å². The van der Waals surface area contributed by atoms with E-state index in [4.69, 9.17) is 28.9 Å². The Morgan fingerprint density at radius 3 is 2.86 bits per heavy atom. The van der Waals surface area contributed by atoms with Crippen molar-refractivity contribution in [1.82, 2.24) is 10.3 Å². The topological polar surface area (TPSA) is 68.0 Å². The number of halogens is 2. The van der Waals surface area contributed by atoms with Gasteiger partial charge in [-0.15, -0.1) is 11.3 Å². The highest BCUT2D eigenvalue weighted by atomic mass is 35.5. The highest BCUT2D eigenvalue weighted by Gasteiger charge is 2.11. The van der Waals surface area contributed by atoms with Crippen LogP contribution in [-0.2, 0) is 11.2 Å². The van der Waals surface area contributed by atoms with Crippen LogP contribution in [0.15, 0.2) is 23.6 Å². The van der Waals surface area contributed by atoms with E-state index < -0.39 is 0 Å². The molecule has 3 N–H and O–H groups in total. The molecule has 4 nitrogen and oxygen atoms in total. The molecule has 0 unspecified atom stereocenters. The Balaban J connectivity index is 1.95. The lowest BCUT2D eigenvalue weighted by Crippen LogP contribution is -2.26.